The van der Waals surface area contributed by atoms with Gasteiger partial charge in [0.15, 0.2) is 6.10 Å². The second-order valence-electron chi connectivity index (χ2n) is 5.28. The molecule has 0 bridgehead atoms. The van der Waals surface area contributed by atoms with Crippen LogP contribution < -0.4 is 10.1 Å². The van der Waals surface area contributed by atoms with Crippen molar-refractivity contribution in [3.63, 3.8) is 0 Å². The molecule has 21 heavy (non-hydrogen) atoms. The molecule has 3 heteroatoms. The molecule has 0 saturated carbocycles. The van der Waals surface area contributed by atoms with E-state index in [1.165, 1.54) is 0 Å². The summed E-state index contributed by atoms with van der Waals surface area (Å²) in [5.41, 5.74) is 3.98. The Morgan fingerprint density at radius 3 is 2.14 bits per heavy atom. The lowest BCUT2D eigenvalue weighted by atomic mass is 10.1. The number of carbonyl (C=O) groups excluding carboxylic acids is 1. The lowest BCUT2D eigenvalue weighted by Crippen LogP contribution is -2.30. The Morgan fingerprint density at radius 1 is 0.952 bits per heavy atom. The fourth-order valence-corrected chi connectivity index (χ4v) is 2.17. The Bertz CT molecular complexity index is 629. The van der Waals surface area contributed by atoms with Crippen LogP contribution >= 0.6 is 0 Å². The van der Waals surface area contributed by atoms with Crippen LogP contribution in [0.2, 0.25) is 0 Å². The average Bonchev–Trinajstić information content (AvgIpc) is 2.45. The predicted octanol–water partition coefficient (Wildman–Crippen LogP) is 4.02. The molecule has 2 rings (SSSR count). The van der Waals surface area contributed by atoms with Gasteiger partial charge in [-0.15, -0.1) is 0 Å². The van der Waals surface area contributed by atoms with Crippen LogP contribution in [-0.4, -0.2) is 12.0 Å². The first-order valence-electron chi connectivity index (χ1n) is 7.08. The molecule has 0 spiro atoms. The number of ether oxygens (including phenoxy) is 1. The first-order valence-corrected chi connectivity index (χ1v) is 7.08. The van der Waals surface area contributed by atoms with E-state index in [0.717, 1.165) is 28.1 Å². The third-order valence-corrected chi connectivity index (χ3v) is 3.50. The second-order valence-corrected chi connectivity index (χ2v) is 5.28. The standard InChI is InChI=1S/C18H21NO2/c1-12-8-5-6-11-16(12)21-15(4)18(20)19-17-13(2)9-7-10-14(17)3/h5-11,15H,1-4H3,(H,19,20)/t15-/m0/s1. The Kier molecular flexibility index (Phi) is 4.63. The maximum absolute atomic E-state index is 12.3. The van der Waals surface area contributed by atoms with Crippen molar-refractivity contribution < 1.29 is 9.53 Å². The maximum Gasteiger partial charge on any atom is 0.265 e. The summed E-state index contributed by atoms with van der Waals surface area (Å²) in [6, 6.07) is 13.6. The zero-order valence-electron chi connectivity index (χ0n) is 12.9. The van der Waals surface area contributed by atoms with Crippen LogP contribution in [-0.2, 0) is 4.79 Å². The van der Waals surface area contributed by atoms with Crippen molar-refractivity contribution in [3.05, 3.63) is 59.2 Å². The molecule has 2 aromatic rings. The summed E-state index contributed by atoms with van der Waals surface area (Å²) in [6.45, 7) is 7.69. The number of rotatable bonds is 4. The van der Waals surface area contributed by atoms with Crippen molar-refractivity contribution in [2.24, 2.45) is 0 Å². The van der Waals surface area contributed by atoms with E-state index in [2.05, 4.69) is 5.32 Å². The van der Waals surface area contributed by atoms with Gasteiger partial charge in [0.25, 0.3) is 5.91 Å². The van der Waals surface area contributed by atoms with E-state index in [4.69, 9.17) is 4.74 Å². The molecule has 1 N–H and O–H groups in total. The molecule has 3 nitrogen and oxygen atoms in total. The van der Waals surface area contributed by atoms with Crippen LogP contribution in [0.3, 0.4) is 0 Å². The molecule has 0 aromatic heterocycles. The van der Waals surface area contributed by atoms with Gasteiger partial charge in [0, 0.05) is 5.69 Å². The second kappa shape index (κ2) is 6.44. The molecular weight excluding hydrogens is 262 g/mol. The topological polar surface area (TPSA) is 38.3 Å². The number of amides is 1. The molecule has 0 aliphatic carbocycles. The van der Waals surface area contributed by atoms with Crippen LogP contribution in [0.1, 0.15) is 23.6 Å². The lowest BCUT2D eigenvalue weighted by Gasteiger charge is -2.18. The van der Waals surface area contributed by atoms with Gasteiger partial charge >= 0.3 is 0 Å². The van der Waals surface area contributed by atoms with Crippen LogP contribution in [0, 0.1) is 20.8 Å². The molecule has 0 unspecified atom stereocenters. The van der Waals surface area contributed by atoms with E-state index in [-0.39, 0.29) is 5.91 Å². The molecule has 0 fully saturated rings. The normalized spacial score (nSPS) is 11.8. The van der Waals surface area contributed by atoms with E-state index in [1.54, 1.807) is 6.92 Å². The van der Waals surface area contributed by atoms with Gasteiger partial charge < -0.3 is 10.1 Å². The van der Waals surface area contributed by atoms with E-state index < -0.39 is 6.10 Å². The first kappa shape index (κ1) is 15.1. The largest absolute Gasteiger partial charge is 0.481 e. The minimum absolute atomic E-state index is 0.143. The van der Waals surface area contributed by atoms with Gasteiger partial charge in [-0.2, -0.15) is 0 Å². The third-order valence-electron chi connectivity index (χ3n) is 3.50. The van der Waals surface area contributed by atoms with E-state index in [0.29, 0.717) is 0 Å². The van der Waals surface area contributed by atoms with Crippen LogP contribution in [0.15, 0.2) is 42.5 Å². The number of anilines is 1. The maximum atomic E-state index is 12.3. The summed E-state index contributed by atoms with van der Waals surface area (Å²) in [5.74, 6) is 0.595. The lowest BCUT2D eigenvalue weighted by molar-refractivity contribution is -0.122. The van der Waals surface area contributed by atoms with Gasteiger partial charge in [-0.1, -0.05) is 36.4 Å². The van der Waals surface area contributed by atoms with Crippen LogP contribution in [0.5, 0.6) is 5.75 Å². The fraction of sp³-hybridized carbons (Fsp3) is 0.278. The molecule has 0 radical (unpaired) electrons. The van der Waals surface area contributed by atoms with Crippen molar-refractivity contribution in [1.29, 1.82) is 0 Å². The minimum Gasteiger partial charge on any atom is -0.481 e. The highest BCUT2D eigenvalue weighted by atomic mass is 16.5. The van der Waals surface area contributed by atoms with Crippen molar-refractivity contribution in [2.45, 2.75) is 33.8 Å². The van der Waals surface area contributed by atoms with Gasteiger partial charge in [-0.25, -0.2) is 0 Å². The highest BCUT2D eigenvalue weighted by Gasteiger charge is 2.17. The number of carbonyl (C=O) groups is 1. The van der Waals surface area contributed by atoms with Gasteiger partial charge in [0.2, 0.25) is 0 Å². The minimum atomic E-state index is -0.551. The number of para-hydroxylation sites is 2. The molecule has 110 valence electrons. The van der Waals surface area contributed by atoms with Crippen molar-refractivity contribution >= 4 is 11.6 Å². The monoisotopic (exact) mass is 283 g/mol. The number of nitrogens with one attached hydrogen (secondary N) is 1. The predicted molar refractivity (Wildman–Crippen MR) is 85.8 cm³/mol. The summed E-state index contributed by atoms with van der Waals surface area (Å²) < 4.78 is 5.75. The SMILES string of the molecule is Cc1ccccc1O[C@@H](C)C(=O)Nc1c(C)cccc1C. The van der Waals surface area contributed by atoms with Crippen molar-refractivity contribution in [2.75, 3.05) is 5.32 Å². The Morgan fingerprint density at radius 2 is 1.52 bits per heavy atom. The Hall–Kier alpha value is -2.29. The van der Waals surface area contributed by atoms with Crippen LogP contribution in [0.4, 0.5) is 5.69 Å². The first-order chi connectivity index (χ1) is 9.99. The molecule has 0 aliphatic rings. The molecule has 2 aromatic carbocycles. The fourth-order valence-electron chi connectivity index (χ4n) is 2.17. The number of hydrogen-bond acceptors (Lipinski definition) is 2. The third kappa shape index (κ3) is 3.63. The Balaban J connectivity index is 2.08. The molecule has 1 amide bonds. The van der Waals surface area contributed by atoms with Gasteiger partial charge in [-0.05, 0) is 50.5 Å². The van der Waals surface area contributed by atoms with Crippen molar-refractivity contribution in [1.82, 2.24) is 0 Å². The number of hydrogen-bond donors (Lipinski definition) is 1. The quantitative estimate of drug-likeness (QED) is 0.920. The van der Waals surface area contributed by atoms with E-state index in [1.807, 2.05) is 63.2 Å². The smallest absolute Gasteiger partial charge is 0.265 e. The number of aryl methyl sites for hydroxylation is 3. The summed E-state index contributed by atoms with van der Waals surface area (Å²) >= 11 is 0. The summed E-state index contributed by atoms with van der Waals surface area (Å²) in [4.78, 5) is 12.3. The zero-order valence-corrected chi connectivity index (χ0v) is 12.9. The highest BCUT2D eigenvalue weighted by molar-refractivity contribution is 5.95. The molecule has 0 saturated heterocycles. The zero-order chi connectivity index (χ0) is 15.4. The summed E-state index contributed by atoms with van der Waals surface area (Å²) in [6.07, 6.45) is -0.551. The van der Waals surface area contributed by atoms with Crippen LogP contribution in [0.25, 0.3) is 0 Å². The molecule has 1 atom stereocenters. The average molecular weight is 283 g/mol. The molecular formula is C18H21NO2. The van der Waals surface area contributed by atoms with E-state index in [9.17, 15) is 4.79 Å². The van der Waals surface area contributed by atoms with Gasteiger partial charge in [0.05, 0.1) is 0 Å². The highest BCUT2D eigenvalue weighted by Crippen LogP contribution is 2.21. The molecule has 0 heterocycles. The Labute approximate surface area is 126 Å². The van der Waals surface area contributed by atoms with E-state index >= 15 is 0 Å². The molecule has 0 aliphatic heterocycles. The number of benzene rings is 2. The summed E-state index contributed by atoms with van der Waals surface area (Å²) in [7, 11) is 0. The van der Waals surface area contributed by atoms with Gasteiger partial charge in [-0.3, -0.25) is 4.79 Å². The summed E-state index contributed by atoms with van der Waals surface area (Å²) in [5, 5.41) is 2.95. The van der Waals surface area contributed by atoms with Gasteiger partial charge in [0.1, 0.15) is 5.75 Å². The van der Waals surface area contributed by atoms with Crippen molar-refractivity contribution in [3.8, 4) is 5.75 Å².